The van der Waals surface area contributed by atoms with Gasteiger partial charge in [0.1, 0.15) is 12.1 Å². The summed E-state index contributed by atoms with van der Waals surface area (Å²) in [5.41, 5.74) is 0.457. The average molecular weight is 400 g/mol. The fourth-order valence-electron chi connectivity index (χ4n) is 4.72. The van der Waals surface area contributed by atoms with E-state index in [1.54, 1.807) is 4.90 Å². The lowest BCUT2D eigenvalue weighted by molar-refractivity contribution is -0.137. The van der Waals surface area contributed by atoms with Crippen molar-refractivity contribution in [3.05, 3.63) is 35.9 Å². The van der Waals surface area contributed by atoms with Gasteiger partial charge in [-0.1, -0.05) is 30.3 Å². The number of benzene rings is 1. The minimum atomic E-state index is -0.789. The quantitative estimate of drug-likeness (QED) is 0.721. The molecule has 0 radical (unpaired) electrons. The molecule has 0 aliphatic carbocycles. The van der Waals surface area contributed by atoms with Crippen molar-refractivity contribution in [3.8, 4) is 0 Å². The number of aliphatic hydroxyl groups is 1. The summed E-state index contributed by atoms with van der Waals surface area (Å²) in [6.45, 7) is 2.78. The third-order valence-electron chi connectivity index (χ3n) is 6.47. The second-order valence-corrected chi connectivity index (χ2v) is 8.22. The Kier molecular flexibility index (Phi) is 5.56. The number of hydrogen-bond donors (Lipinski definition) is 2. The van der Waals surface area contributed by atoms with Gasteiger partial charge in [0.15, 0.2) is 0 Å². The van der Waals surface area contributed by atoms with Crippen LogP contribution in [0.15, 0.2) is 30.3 Å². The van der Waals surface area contributed by atoms with Crippen LogP contribution in [0.1, 0.15) is 31.2 Å². The van der Waals surface area contributed by atoms with E-state index in [2.05, 4.69) is 22.3 Å². The summed E-state index contributed by atoms with van der Waals surface area (Å²) in [6, 6.07) is 9.76. The maximum Gasteiger partial charge on any atom is 0.325 e. The van der Waals surface area contributed by atoms with E-state index in [0.29, 0.717) is 38.8 Å². The number of hydrogen-bond acceptors (Lipinski definition) is 5. The number of carbonyl (C=O) groups excluding carboxylic acids is 3. The first-order valence-electron chi connectivity index (χ1n) is 10.3. The Hall–Kier alpha value is -2.45. The average Bonchev–Trinajstić information content (AvgIpc) is 2.99. The molecule has 156 valence electrons. The van der Waals surface area contributed by atoms with Crippen molar-refractivity contribution in [1.82, 2.24) is 20.0 Å². The molecule has 0 aromatic heterocycles. The fourth-order valence-corrected chi connectivity index (χ4v) is 4.72. The van der Waals surface area contributed by atoms with Crippen LogP contribution in [-0.4, -0.2) is 82.0 Å². The Balaban J connectivity index is 1.36. The number of urea groups is 1. The number of imide groups is 1. The smallest absolute Gasteiger partial charge is 0.325 e. The van der Waals surface area contributed by atoms with E-state index in [1.807, 2.05) is 18.2 Å². The van der Waals surface area contributed by atoms with E-state index >= 15 is 0 Å². The minimum Gasteiger partial charge on any atom is -0.387 e. The highest BCUT2D eigenvalue weighted by Crippen LogP contribution is 2.33. The zero-order valence-corrected chi connectivity index (χ0v) is 16.5. The van der Waals surface area contributed by atoms with Crippen LogP contribution in [0, 0.1) is 0 Å². The van der Waals surface area contributed by atoms with Gasteiger partial charge in [0.05, 0.1) is 0 Å². The van der Waals surface area contributed by atoms with Crippen molar-refractivity contribution in [3.63, 3.8) is 0 Å². The number of nitrogens with one attached hydrogen (secondary N) is 1. The molecule has 1 aromatic rings. The summed E-state index contributed by atoms with van der Waals surface area (Å²) in [6.07, 6.45) is 2.34. The minimum absolute atomic E-state index is 0.117. The molecule has 0 unspecified atom stereocenters. The Bertz CT molecular complexity index is 768. The van der Waals surface area contributed by atoms with Crippen LogP contribution in [0.4, 0.5) is 4.79 Å². The summed E-state index contributed by atoms with van der Waals surface area (Å²) >= 11 is 0. The largest absolute Gasteiger partial charge is 0.387 e. The Morgan fingerprint density at radius 3 is 2.34 bits per heavy atom. The predicted molar refractivity (Wildman–Crippen MR) is 106 cm³/mol. The second-order valence-electron chi connectivity index (χ2n) is 8.22. The Morgan fingerprint density at radius 2 is 1.72 bits per heavy atom. The molecule has 3 heterocycles. The van der Waals surface area contributed by atoms with Crippen LogP contribution in [0.5, 0.6) is 0 Å². The highest BCUT2D eigenvalue weighted by atomic mass is 16.3. The van der Waals surface area contributed by atoms with Crippen LogP contribution in [0.2, 0.25) is 0 Å². The summed E-state index contributed by atoms with van der Waals surface area (Å²) in [4.78, 5) is 42.8. The monoisotopic (exact) mass is 400 g/mol. The first kappa shape index (κ1) is 19.8. The third-order valence-corrected chi connectivity index (χ3v) is 6.47. The number of nitrogens with zero attached hydrogens (tertiary/aromatic N) is 3. The van der Waals surface area contributed by atoms with Crippen LogP contribution in [0.3, 0.4) is 0 Å². The summed E-state index contributed by atoms with van der Waals surface area (Å²) in [5.74, 6) is -0.420. The molecule has 8 nitrogen and oxygen atoms in total. The van der Waals surface area contributed by atoms with Crippen molar-refractivity contribution in [2.45, 2.75) is 43.8 Å². The topological polar surface area (TPSA) is 93.2 Å². The molecule has 0 atom stereocenters. The maximum absolute atomic E-state index is 13.2. The maximum atomic E-state index is 13.2. The first-order valence-corrected chi connectivity index (χ1v) is 10.3. The molecular weight excluding hydrogens is 372 g/mol. The molecule has 0 bridgehead atoms. The highest BCUT2D eigenvalue weighted by Gasteiger charge is 2.54. The van der Waals surface area contributed by atoms with Gasteiger partial charge in [-0.25, -0.2) is 4.79 Å². The molecule has 2 N–H and O–H groups in total. The van der Waals surface area contributed by atoms with Gasteiger partial charge >= 0.3 is 6.03 Å². The van der Waals surface area contributed by atoms with Crippen molar-refractivity contribution in [2.24, 2.45) is 0 Å². The van der Waals surface area contributed by atoms with E-state index in [0.717, 1.165) is 19.6 Å². The molecular formula is C21H28N4O4. The SMILES string of the molecule is O=C(CO)N1CCC(N2C(=O)NC3(CCN(Cc4ccccc4)CC3)C2=O)CC1. The van der Waals surface area contributed by atoms with Crippen molar-refractivity contribution in [2.75, 3.05) is 32.8 Å². The van der Waals surface area contributed by atoms with Crippen molar-refractivity contribution >= 4 is 17.8 Å². The summed E-state index contributed by atoms with van der Waals surface area (Å²) in [7, 11) is 0. The van der Waals surface area contributed by atoms with E-state index < -0.39 is 12.1 Å². The number of carbonyl (C=O) groups is 3. The first-order chi connectivity index (χ1) is 14.0. The van der Waals surface area contributed by atoms with Gasteiger partial charge in [-0.15, -0.1) is 0 Å². The predicted octanol–water partition coefficient (Wildman–Crippen LogP) is 0.556. The Morgan fingerprint density at radius 1 is 1.07 bits per heavy atom. The molecule has 0 saturated carbocycles. The molecule has 3 fully saturated rings. The van der Waals surface area contributed by atoms with Gasteiger partial charge in [-0.3, -0.25) is 19.4 Å². The van der Waals surface area contributed by atoms with Crippen molar-refractivity contribution < 1.29 is 19.5 Å². The van der Waals surface area contributed by atoms with E-state index in [4.69, 9.17) is 5.11 Å². The number of amides is 4. The van der Waals surface area contributed by atoms with Crippen LogP contribution < -0.4 is 5.32 Å². The zero-order valence-electron chi connectivity index (χ0n) is 16.5. The van der Waals surface area contributed by atoms with E-state index in [1.165, 1.54) is 10.5 Å². The molecule has 3 aliphatic rings. The molecule has 4 amide bonds. The molecule has 8 heteroatoms. The van der Waals surface area contributed by atoms with Gasteiger partial charge in [0.2, 0.25) is 5.91 Å². The standard InChI is InChI=1S/C21H28N4O4/c26-15-18(27)24-10-6-17(7-11-24)25-19(28)21(22-20(25)29)8-12-23(13-9-21)14-16-4-2-1-3-5-16/h1-5,17,26H,6-15H2,(H,22,29). The Labute approximate surface area is 170 Å². The number of rotatable bonds is 4. The van der Waals surface area contributed by atoms with Crippen molar-refractivity contribution in [1.29, 1.82) is 0 Å². The van der Waals surface area contributed by atoms with Gasteiger partial charge in [-0.2, -0.15) is 0 Å². The second kappa shape index (κ2) is 8.12. The summed E-state index contributed by atoms with van der Waals surface area (Å²) < 4.78 is 0. The van der Waals surface area contributed by atoms with E-state index in [-0.39, 0.29) is 23.9 Å². The number of likely N-dealkylation sites (tertiary alicyclic amines) is 2. The van der Waals surface area contributed by atoms with Gasteiger partial charge < -0.3 is 15.3 Å². The summed E-state index contributed by atoms with van der Waals surface area (Å²) in [5, 5.41) is 12.0. The lowest BCUT2D eigenvalue weighted by atomic mass is 9.86. The molecule has 1 spiro atoms. The molecule has 4 rings (SSSR count). The molecule has 3 aliphatic heterocycles. The lowest BCUT2D eigenvalue weighted by Crippen LogP contribution is -2.55. The van der Waals surface area contributed by atoms with Crippen LogP contribution in [-0.2, 0) is 16.1 Å². The third kappa shape index (κ3) is 3.86. The van der Waals surface area contributed by atoms with Gasteiger partial charge in [0, 0.05) is 38.8 Å². The fraction of sp³-hybridized carbons (Fsp3) is 0.571. The molecule has 29 heavy (non-hydrogen) atoms. The van der Waals surface area contributed by atoms with Gasteiger partial charge in [-0.05, 0) is 31.2 Å². The normalized spacial score (nSPS) is 22.9. The molecule has 1 aromatic carbocycles. The number of piperidine rings is 2. The number of aliphatic hydroxyl groups excluding tert-OH is 1. The van der Waals surface area contributed by atoms with Gasteiger partial charge in [0.25, 0.3) is 5.91 Å². The lowest BCUT2D eigenvalue weighted by Gasteiger charge is -2.38. The van der Waals surface area contributed by atoms with Crippen LogP contribution >= 0.6 is 0 Å². The zero-order chi connectivity index (χ0) is 20.4. The highest BCUT2D eigenvalue weighted by molar-refractivity contribution is 6.07. The van der Waals surface area contributed by atoms with E-state index in [9.17, 15) is 14.4 Å². The van der Waals surface area contributed by atoms with Crippen LogP contribution in [0.25, 0.3) is 0 Å². The molecule has 3 saturated heterocycles.